The third kappa shape index (κ3) is 4.63. The maximum Gasteiger partial charge on any atom is 0.303 e. The van der Waals surface area contributed by atoms with E-state index in [4.69, 9.17) is 28.4 Å². The molecule has 5 unspecified atom stereocenters. The number of hydrogen-bond acceptors (Lipinski definition) is 8. The molecule has 21 heavy (non-hydrogen) atoms. The minimum Gasteiger partial charge on any atom is -0.457 e. The number of carbonyl (C=O) groups is 2. The van der Waals surface area contributed by atoms with Gasteiger partial charge in [-0.15, -0.1) is 0 Å². The van der Waals surface area contributed by atoms with Crippen molar-refractivity contribution in [2.75, 3.05) is 27.9 Å². The van der Waals surface area contributed by atoms with Crippen LogP contribution in [-0.4, -0.2) is 70.6 Å². The van der Waals surface area contributed by atoms with Crippen molar-refractivity contribution in [1.29, 1.82) is 0 Å². The Morgan fingerprint density at radius 1 is 0.905 bits per heavy atom. The van der Waals surface area contributed by atoms with Gasteiger partial charge in [0.25, 0.3) is 0 Å². The van der Waals surface area contributed by atoms with E-state index in [9.17, 15) is 9.59 Å². The third-order valence-corrected chi connectivity index (χ3v) is 3.03. The van der Waals surface area contributed by atoms with E-state index in [0.29, 0.717) is 0 Å². The lowest BCUT2D eigenvalue weighted by atomic mass is 9.98. The van der Waals surface area contributed by atoms with Gasteiger partial charge in [-0.05, 0) is 0 Å². The minimum atomic E-state index is -0.852. The monoisotopic (exact) mass is 306 g/mol. The summed E-state index contributed by atoms with van der Waals surface area (Å²) in [4.78, 5) is 22.5. The van der Waals surface area contributed by atoms with Crippen molar-refractivity contribution in [3.8, 4) is 0 Å². The van der Waals surface area contributed by atoms with Crippen molar-refractivity contribution >= 4 is 11.9 Å². The number of hydrogen-bond donors (Lipinski definition) is 0. The zero-order chi connectivity index (χ0) is 16.0. The van der Waals surface area contributed by atoms with Crippen molar-refractivity contribution in [2.45, 2.75) is 44.6 Å². The number of rotatable bonds is 6. The highest BCUT2D eigenvalue weighted by molar-refractivity contribution is 5.67. The third-order valence-electron chi connectivity index (χ3n) is 3.03. The lowest BCUT2D eigenvalue weighted by Gasteiger charge is -2.43. The summed E-state index contributed by atoms with van der Waals surface area (Å²) in [5.74, 6) is -1.01. The smallest absolute Gasteiger partial charge is 0.303 e. The minimum absolute atomic E-state index is 0.171. The summed E-state index contributed by atoms with van der Waals surface area (Å²) >= 11 is 0. The van der Waals surface area contributed by atoms with E-state index in [1.807, 2.05) is 0 Å². The molecule has 0 amide bonds. The molecule has 1 heterocycles. The molecule has 5 atom stereocenters. The summed E-state index contributed by atoms with van der Waals surface area (Å²) in [6.07, 6.45) is -3.79. The quantitative estimate of drug-likeness (QED) is 0.628. The maximum absolute atomic E-state index is 11.3. The molecule has 1 fully saturated rings. The summed E-state index contributed by atoms with van der Waals surface area (Å²) < 4.78 is 31.7. The number of ether oxygens (including phenoxy) is 6. The van der Waals surface area contributed by atoms with Crippen LogP contribution in [0.4, 0.5) is 0 Å². The van der Waals surface area contributed by atoms with E-state index in [1.54, 1.807) is 0 Å². The lowest BCUT2D eigenvalue weighted by molar-refractivity contribution is -0.304. The Morgan fingerprint density at radius 2 is 1.48 bits per heavy atom. The van der Waals surface area contributed by atoms with E-state index in [1.165, 1.54) is 35.2 Å². The summed E-state index contributed by atoms with van der Waals surface area (Å²) in [5.41, 5.74) is 0. The summed E-state index contributed by atoms with van der Waals surface area (Å²) in [6, 6.07) is 0. The molecule has 0 aromatic rings. The van der Waals surface area contributed by atoms with Crippen molar-refractivity contribution in [2.24, 2.45) is 0 Å². The molecule has 1 saturated heterocycles. The Morgan fingerprint density at radius 3 is 1.90 bits per heavy atom. The molecular formula is C13H22O8. The average Bonchev–Trinajstić information content (AvgIpc) is 2.40. The van der Waals surface area contributed by atoms with Gasteiger partial charge >= 0.3 is 11.9 Å². The van der Waals surface area contributed by atoms with Crippen molar-refractivity contribution < 1.29 is 38.0 Å². The first-order valence-corrected chi connectivity index (χ1v) is 6.49. The molecule has 1 aliphatic rings. The Bertz CT molecular complexity index is 358. The van der Waals surface area contributed by atoms with Gasteiger partial charge in [-0.3, -0.25) is 9.59 Å². The van der Waals surface area contributed by atoms with Gasteiger partial charge in [0.15, 0.2) is 18.5 Å². The molecule has 1 aliphatic heterocycles. The zero-order valence-electron chi connectivity index (χ0n) is 12.9. The van der Waals surface area contributed by atoms with Crippen LogP contribution in [0.25, 0.3) is 0 Å². The van der Waals surface area contributed by atoms with Gasteiger partial charge in [0.05, 0.1) is 6.61 Å². The van der Waals surface area contributed by atoms with Crippen molar-refractivity contribution in [3.63, 3.8) is 0 Å². The van der Waals surface area contributed by atoms with Gasteiger partial charge in [0.2, 0.25) is 0 Å². The molecular weight excluding hydrogens is 284 g/mol. The standard InChI is InChI=1S/C13H22O8/c1-7(14)19-10-9(6-16-3)21-13(18-5)12(11(10)17-4)20-8(2)15/h9-13H,6H2,1-5H3. The number of carbonyl (C=O) groups excluding carboxylic acids is 2. The fourth-order valence-corrected chi connectivity index (χ4v) is 2.29. The van der Waals surface area contributed by atoms with E-state index >= 15 is 0 Å². The fraction of sp³-hybridized carbons (Fsp3) is 0.846. The van der Waals surface area contributed by atoms with E-state index in [-0.39, 0.29) is 6.61 Å². The maximum atomic E-state index is 11.3. The molecule has 0 N–H and O–H groups in total. The number of methoxy groups -OCH3 is 3. The van der Waals surface area contributed by atoms with Crippen LogP contribution in [0.5, 0.6) is 0 Å². The molecule has 8 heteroatoms. The second-order valence-electron chi connectivity index (χ2n) is 4.58. The Hall–Kier alpha value is -1.22. The van der Waals surface area contributed by atoms with Gasteiger partial charge in [0.1, 0.15) is 12.2 Å². The van der Waals surface area contributed by atoms with E-state index < -0.39 is 42.6 Å². The van der Waals surface area contributed by atoms with E-state index in [2.05, 4.69) is 0 Å². The van der Waals surface area contributed by atoms with Gasteiger partial charge in [-0.25, -0.2) is 0 Å². The fourth-order valence-electron chi connectivity index (χ4n) is 2.29. The average molecular weight is 306 g/mol. The van der Waals surface area contributed by atoms with Crippen LogP contribution >= 0.6 is 0 Å². The largest absolute Gasteiger partial charge is 0.457 e. The zero-order valence-corrected chi connectivity index (χ0v) is 12.9. The molecule has 0 radical (unpaired) electrons. The van der Waals surface area contributed by atoms with Gasteiger partial charge in [-0.1, -0.05) is 0 Å². The highest BCUT2D eigenvalue weighted by Gasteiger charge is 2.50. The van der Waals surface area contributed by atoms with Gasteiger partial charge < -0.3 is 28.4 Å². The SMILES string of the molecule is COCC1OC(OC)C(OC(C)=O)C(OC)C1OC(C)=O. The topological polar surface area (TPSA) is 89.5 Å². The summed E-state index contributed by atoms with van der Waals surface area (Å²) in [6.45, 7) is 2.71. The molecule has 8 nitrogen and oxygen atoms in total. The molecule has 1 rings (SSSR count). The Balaban J connectivity index is 3.03. The first-order valence-electron chi connectivity index (χ1n) is 6.49. The van der Waals surface area contributed by atoms with Crippen LogP contribution < -0.4 is 0 Å². The van der Waals surface area contributed by atoms with Crippen molar-refractivity contribution in [1.82, 2.24) is 0 Å². The Labute approximate surface area is 123 Å². The predicted octanol–water partition coefficient (Wildman–Crippen LogP) is -0.117. The van der Waals surface area contributed by atoms with Crippen LogP contribution in [0.15, 0.2) is 0 Å². The van der Waals surface area contributed by atoms with Crippen molar-refractivity contribution in [3.05, 3.63) is 0 Å². The van der Waals surface area contributed by atoms with Crippen LogP contribution in [0.3, 0.4) is 0 Å². The van der Waals surface area contributed by atoms with E-state index in [0.717, 1.165) is 0 Å². The predicted molar refractivity (Wildman–Crippen MR) is 69.5 cm³/mol. The molecule has 0 aliphatic carbocycles. The number of esters is 2. The molecule has 0 aromatic heterocycles. The first kappa shape index (κ1) is 17.8. The Kier molecular flexibility index (Phi) is 7.03. The van der Waals surface area contributed by atoms with Crippen LogP contribution in [0, 0.1) is 0 Å². The second kappa shape index (κ2) is 8.28. The van der Waals surface area contributed by atoms with Gasteiger partial charge in [-0.2, -0.15) is 0 Å². The highest BCUT2D eigenvalue weighted by atomic mass is 16.7. The molecule has 0 spiro atoms. The highest BCUT2D eigenvalue weighted by Crippen LogP contribution is 2.28. The molecule has 0 aromatic carbocycles. The second-order valence-corrected chi connectivity index (χ2v) is 4.58. The van der Waals surface area contributed by atoms with Crippen LogP contribution in [0.1, 0.15) is 13.8 Å². The molecule has 122 valence electrons. The van der Waals surface area contributed by atoms with Crippen LogP contribution in [-0.2, 0) is 38.0 Å². The normalized spacial score (nSPS) is 32.5. The van der Waals surface area contributed by atoms with Gasteiger partial charge in [0, 0.05) is 35.2 Å². The summed E-state index contributed by atoms with van der Waals surface area (Å²) in [5, 5.41) is 0. The lowest BCUT2D eigenvalue weighted by Crippen LogP contribution is -2.62. The van der Waals surface area contributed by atoms with Crippen LogP contribution in [0.2, 0.25) is 0 Å². The first-order chi connectivity index (χ1) is 9.94. The summed E-state index contributed by atoms with van der Waals surface area (Å²) in [7, 11) is 4.35. The molecule has 0 saturated carbocycles. The molecule has 0 bridgehead atoms.